The highest BCUT2D eigenvalue weighted by atomic mass is 127. The SMILES string of the molecule is CCNC(=NCCCNS(=O)(=O)CC)N1CCN(c2ccccc2OC)CC1.I. The Labute approximate surface area is 192 Å². The predicted molar refractivity (Wildman–Crippen MR) is 130 cm³/mol. The van der Waals surface area contributed by atoms with Crippen LogP contribution in [0.1, 0.15) is 20.3 Å². The van der Waals surface area contributed by atoms with E-state index in [1.54, 1.807) is 14.0 Å². The standard InChI is InChI=1S/C19H33N5O3S.HI/c1-4-20-19(21-11-8-12-22-28(25,26)5-2)24-15-13-23(14-16-24)17-9-6-7-10-18(17)27-3;/h6-7,9-10,22H,4-5,8,11-16H2,1-3H3,(H,20,21);1H. The van der Waals surface area contributed by atoms with Crippen molar-refractivity contribution in [2.24, 2.45) is 4.99 Å². The van der Waals surface area contributed by atoms with Crippen LogP contribution in [0.5, 0.6) is 5.75 Å². The fraction of sp³-hybridized carbons (Fsp3) is 0.632. The van der Waals surface area contributed by atoms with E-state index in [-0.39, 0.29) is 29.7 Å². The van der Waals surface area contributed by atoms with E-state index in [0.29, 0.717) is 19.5 Å². The zero-order valence-corrected chi connectivity index (χ0v) is 20.7. The van der Waals surface area contributed by atoms with E-state index in [1.807, 2.05) is 18.2 Å². The summed E-state index contributed by atoms with van der Waals surface area (Å²) in [5.41, 5.74) is 1.12. The van der Waals surface area contributed by atoms with E-state index < -0.39 is 10.0 Å². The summed E-state index contributed by atoms with van der Waals surface area (Å²) in [4.78, 5) is 9.25. The van der Waals surface area contributed by atoms with E-state index >= 15 is 0 Å². The van der Waals surface area contributed by atoms with Gasteiger partial charge >= 0.3 is 0 Å². The molecule has 2 rings (SSSR count). The fourth-order valence-electron chi connectivity index (χ4n) is 3.07. The van der Waals surface area contributed by atoms with Gasteiger partial charge in [-0.1, -0.05) is 12.1 Å². The molecule has 10 heteroatoms. The van der Waals surface area contributed by atoms with Gasteiger partial charge in [0.2, 0.25) is 10.0 Å². The number of halogens is 1. The van der Waals surface area contributed by atoms with E-state index in [9.17, 15) is 8.42 Å². The average Bonchev–Trinajstić information content (AvgIpc) is 2.73. The molecule has 1 aliphatic rings. The molecule has 8 nitrogen and oxygen atoms in total. The molecular weight excluding hydrogens is 505 g/mol. The first-order chi connectivity index (χ1) is 13.5. The highest BCUT2D eigenvalue weighted by molar-refractivity contribution is 14.0. The van der Waals surface area contributed by atoms with Crippen molar-refractivity contribution < 1.29 is 13.2 Å². The normalized spacial score (nSPS) is 15.1. The number of nitrogens with one attached hydrogen (secondary N) is 2. The van der Waals surface area contributed by atoms with Gasteiger partial charge in [0.1, 0.15) is 5.75 Å². The lowest BCUT2D eigenvalue weighted by atomic mass is 10.2. The zero-order chi connectivity index (χ0) is 20.4. The van der Waals surface area contributed by atoms with Crippen molar-refractivity contribution >= 4 is 45.6 Å². The molecule has 0 aliphatic carbocycles. The number of nitrogens with zero attached hydrogens (tertiary/aromatic N) is 3. The molecule has 1 aromatic rings. The van der Waals surface area contributed by atoms with Crippen molar-refractivity contribution in [1.82, 2.24) is 14.9 Å². The number of piperazine rings is 1. The highest BCUT2D eigenvalue weighted by Crippen LogP contribution is 2.28. The minimum atomic E-state index is -3.13. The van der Waals surface area contributed by atoms with Crippen LogP contribution in [-0.4, -0.2) is 78.0 Å². The van der Waals surface area contributed by atoms with Gasteiger partial charge in [0.15, 0.2) is 5.96 Å². The molecule has 0 unspecified atom stereocenters. The number of methoxy groups -OCH3 is 1. The van der Waals surface area contributed by atoms with Crippen LogP contribution in [0.4, 0.5) is 5.69 Å². The molecule has 0 radical (unpaired) electrons. The molecule has 0 atom stereocenters. The largest absolute Gasteiger partial charge is 0.495 e. The summed E-state index contributed by atoms with van der Waals surface area (Å²) < 4.78 is 31.0. The van der Waals surface area contributed by atoms with Crippen LogP contribution >= 0.6 is 24.0 Å². The Bertz CT molecular complexity index is 737. The van der Waals surface area contributed by atoms with Crippen LogP contribution < -0.4 is 19.7 Å². The highest BCUT2D eigenvalue weighted by Gasteiger charge is 2.21. The van der Waals surface area contributed by atoms with Crippen LogP contribution in [0.15, 0.2) is 29.3 Å². The molecule has 166 valence electrons. The quantitative estimate of drug-likeness (QED) is 0.215. The molecule has 1 aliphatic heterocycles. The molecule has 1 aromatic carbocycles. The maximum Gasteiger partial charge on any atom is 0.211 e. The molecule has 0 bridgehead atoms. The van der Waals surface area contributed by atoms with Crippen molar-refractivity contribution in [3.63, 3.8) is 0 Å². The topological polar surface area (TPSA) is 86.3 Å². The van der Waals surface area contributed by atoms with Crippen LogP contribution in [0, 0.1) is 0 Å². The summed E-state index contributed by atoms with van der Waals surface area (Å²) in [5.74, 6) is 1.89. The van der Waals surface area contributed by atoms with Gasteiger partial charge in [-0.05, 0) is 32.4 Å². The maximum absolute atomic E-state index is 11.5. The third kappa shape index (κ3) is 8.17. The van der Waals surface area contributed by atoms with Crippen LogP contribution in [0.3, 0.4) is 0 Å². The number of anilines is 1. The summed E-state index contributed by atoms with van der Waals surface area (Å²) >= 11 is 0. The Balaban J connectivity index is 0.00000420. The monoisotopic (exact) mass is 539 g/mol. The minimum Gasteiger partial charge on any atom is -0.495 e. The van der Waals surface area contributed by atoms with Crippen molar-refractivity contribution in [3.8, 4) is 5.75 Å². The number of hydrogen-bond acceptors (Lipinski definition) is 5. The second-order valence-corrected chi connectivity index (χ2v) is 8.63. The molecule has 0 amide bonds. The van der Waals surface area contributed by atoms with Crippen LogP contribution in [0.2, 0.25) is 0 Å². The van der Waals surface area contributed by atoms with Gasteiger partial charge in [-0.3, -0.25) is 4.99 Å². The second-order valence-electron chi connectivity index (χ2n) is 6.53. The molecule has 29 heavy (non-hydrogen) atoms. The van der Waals surface area contributed by atoms with Gasteiger partial charge in [-0.25, -0.2) is 13.1 Å². The summed E-state index contributed by atoms with van der Waals surface area (Å²) in [7, 11) is -1.43. The number of benzene rings is 1. The van der Waals surface area contributed by atoms with E-state index in [0.717, 1.165) is 50.1 Å². The third-order valence-corrected chi connectivity index (χ3v) is 6.04. The van der Waals surface area contributed by atoms with Crippen molar-refractivity contribution in [3.05, 3.63) is 24.3 Å². The number of ether oxygens (including phenoxy) is 1. The maximum atomic E-state index is 11.5. The Hall–Kier alpha value is -1.27. The molecular formula is C19H34IN5O3S. The number of rotatable bonds is 9. The van der Waals surface area contributed by atoms with Crippen LogP contribution in [-0.2, 0) is 10.0 Å². The van der Waals surface area contributed by atoms with Crippen LogP contribution in [0.25, 0.3) is 0 Å². The van der Waals surface area contributed by atoms with Gasteiger partial charge < -0.3 is 19.9 Å². The Morgan fingerprint density at radius 2 is 1.86 bits per heavy atom. The minimum absolute atomic E-state index is 0. The number of para-hydroxylation sites is 2. The summed E-state index contributed by atoms with van der Waals surface area (Å²) in [6.07, 6.45) is 0.676. The third-order valence-electron chi connectivity index (χ3n) is 4.64. The smallest absolute Gasteiger partial charge is 0.211 e. The van der Waals surface area contributed by atoms with Crippen molar-refractivity contribution in [1.29, 1.82) is 0 Å². The molecule has 0 aromatic heterocycles. The van der Waals surface area contributed by atoms with Gasteiger partial charge in [-0.2, -0.15) is 0 Å². The van der Waals surface area contributed by atoms with E-state index in [1.165, 1.54) is 0 Å². The fourth-order valence-corrected chi connectivity index (χ4v) is 3.73. The molecule has 0 saturated carbocycles. The molecule has 1 fully saturated rings. The first-order valence-electron chi connectivity index (χ1n) is 9.89. The second kappa shape index (κ2) is 13.1. The Kier molecular flexibility index (Phi) is 11.7. The number of aliphatic imine (C=N–C) groups is 1. The summed E-state index contributed by atoms with van der Waals surface area (Å²) in [6, 6.07) is 8.09. The lowest BCUT2D eigenvalue weighted by Gasteiger charge is -2.38. The number of guanidine groups is 1. The van der Waals surface area contributed by atoms with Gasteiger partial charge in [0.25, 0.3) is 0 Å². The zero-order valence-electron chi connectivity index (χ0n) is 17.6. The van der Waals surface area contributed by atoms with E-state index in [2.05, 4.69) is 37.8 Å². The summed E-state index contributed by atoms with van der Waals surface area (Å²) in [5, 5.41) is 3.34. The lowest BCUT2D eigenvalue weighted by Crippen LogP contribution is -2.52. The molecule has 1 saturated heterocycles. The predicted octanol–water partition coefficient (Wildman–Crippen LogP) is 1.73. The first-order valence-corrected chi connectivity index (χ1v) is 11.5. The van der Waals surface area contributed by atoms with Gasteiger partial charge in [0, 0.05) is 45.8 Å². The first kappa shape index (κ1) is 25.8. The Morgan fingerprint density at radius 3 is 2.48 bits per heavy atom. The molecule has 0 spiro atoms. The average molecular weight is 539 g/mol. The molecule has 2 N–H and O–H groups in total. The lowest BCUT2D eigenvalue weighted by molar-refractivity contribution is 0.367. The van der Waals surface area contributed by atoms with Crippen molar-refractivity contribution in [2.75, 3.05) is 63.6 Å². The summed E-state index contributed by atoms with van der Waals surface area (Å²) in [6.45, 7) is 9.00. The Morgan fingerprint density at radius 1 is 1.17 bits per heavy atom. The molecule has 1 heterocycles. The van der Waals surface area contributed by atoms with Crippen molar-refractivity contribution in [2.45, 2.75) is 20.3 Å². The van der Waals surface area contributed by atoms with Gasteiger partial charge in [-0.15, -0.1) is 24.0 Å². The van der Waals surface area contributed by atoms with Gasteiger partial charge in [0.05, 0.1) is 18.6 Å². The number of hydrogen-bond donors (Lipinski definition) is 2. The van der Waals surface area contributed by atoms with E-state index in [4.69, 9.17) is 4.74 Å². The number of sulfonamides is 1.